The third-order valence-corrected chi connectivity index (χ3v) is 4.57. The van der Waals surface area contributed by atoms with Gasteiger partial charge in [0.2, 0.25) is 5.89 Å². The maximum Gasteiger partial charge on any atom is 0.277 e. The van der Waals surface area contributed by atoms with Crippen molar-refractivity contribution in [2.75, 3.05) is 0 Å². The summed E-state index contributed by atoms with van der Waals surface area (Å²) in [4.78, 5) is 0. The minimum absolute atomic E-state index is 0.180. The van der Waals surface area contributed by atoms with Gasteiger partial charge in [0.15, 0.2) is 6.10 Å². The van der Waals surface area contributed by atoms with Crippen LogP contribution in [-0.2, 0) is 5.75 Å². The summed E-state index contributed by atoms with van der Waals surface area (Å²) >= 11 is 7.29. The normalized spacial score (nSPS) is 12.3. The Bertz CT molecular complexity index is 789. The molecule has 0 fully saturated rings. The summed E-state index contributed by atoms with van der Waals surface area (Å²) in [6.45, 7) is 2.07. The molecule has 118 valence electrons. The van der Waals surface area contributed by atoms with Crippen LogP contribution < -0.4 is 0 Å². The van der Waals surface area contributed by atoms with Crippen molar-refractivity contribution in [3.05, 3.63) is 76.1 Å². The van der Waals surface area contributed by atoms with E-state index < -0.39 is 6.10 Å². The Balaban J connectivity index is 1.68. The Morgan fingerprint density at radius 3 is 2.61 bits per heavy atom. The summed E-state index contributed by atoms with van der Waals surface area (Å²) in [5.74, 6) is 0.922. The lowest BCUT2D eigenvalue weighted by atomic mass is 10.1. The first-order valence-corrected chi connectivity index (χ1v) is 8.44. The highest BCUT2D eigenvalue weighted by atomic mass is 35.5. The van der Waals surface area contributed by atoms with Gasteiger partial charge in [-0.3, -0.25) is 0 Å². The molecule has 3 aromatic rings. The smallest absolute Gasteiger partial charge is 0.277 e. The molecule has 1 heterocycles. The number of hydrogen-bond acceptors (Lipinski definition) is 5. The number of hydrogen-bond donors (Lipinski definition) is 1. The zero-order valence-corrected chi connectivity index (χ0v) is 14.0. The van der Waals surface area contributed by atoms with Crippen molar-refractivity contribution in [3.63, 3.8) is 0 Å². The van der Waals surface area contributed by atoms with Gasteiger partial charge in [-0.1, -0.05) is 59.8 Å². The van der Waals surface area contributed by atoms with Gasteiger partial charge in [-0.2, -0.15) is 0 Å². The average molecular weight is 347 g/mol. The summed E-state index contributed by atoms with van der Waals surface area (Å²) in [6, 6.07) is 15.0. The van der Waals surface area contributed by atoms with Gasteiger partial charge < -0.3 is 9.52 Å². The van der Waals surface area contributed by atoms with E-state index in [0.29, 0.717) is 15.8 Å². The number of benzene rings is 2. The first-order chi connectivity index (χ1) is 11.1. The Kier molecular flexibility index (Phi) is 5.00. The molecular weight excluding hydrogens is 332 g/mol. The standard InChI is InChI=1S/C17H15ClN2O2S/c1-11-4-2-3-5-13(11)10-23-17-20-19-16(22-17)15(21)12-6-8-14(18)9-7-12/h2-9,15,21H,10H2,1H3/t15-/m1/s1. The molecule has 0 unspecified atom stereocenters. The predicted octanol–water partition coefficient (Wildman–Crippen LogP) is 4.41. The molecule has 23 heavy (non-hydrogen) atoms. The van der Waals surface area contributed by atoms with Crippen LogP contribution >= 0.6 is 23.4 Å². The van der Waals surface area contributed by atoms with Crippen molar-refractivity contribution in [3.8, 4) is 0 Å². The van der Waals surface area contributed by atoms with Crippen LogP contribution in [0.4, 0.5) is 0 Å². The number of aryl methyl sites for hydroxylation is 1. The summed E-state index contributed by atoms with van der Waals surface area (Å²) in [6.07, 6.45) is -0.951. The zero-order valence-electron chi connectivity index (χ0n) is 12.4. The maximum absolute atomic E-state index is 10.3. The molecule has 1 atom stereocenters. The number of thioether (sulfide) groups is 1. The highest BCUT2D eigenvalue weighted by molar-refractivity contribution is 7.98. The molecule has 1 aromatic heterocycles. The van der Waals surface area contributed by atoms with Gasteiger partial charge in [-0.05, 0) is 35.7 Å². The average Bonchev–Trinajstić information content (AvgIpc) is 3.03. The van der Waals surface area contributed by atoms with Crippen molar-refractivity contribution >= 4 is 23.4 Å². The first-order valence-electron chi connectivity index (χ1n) is 7.08. The molecule has 0 bridgehead atoms. The Hall–Kier alpha value is -1.82. The van der Waals surface area contributed by atoms with Crippen molar-refractivity contribution in [2.24, 2.45) is 0 Å². The Morgan fingerprint density at radius 2 is 1.87 bits per heavy atom. The zero-order chi connectivity index (χ0) is 16.2. The molecule has 1 N–H and O–H groups in total. The largest absolute Gasteiger partial charge is 0.413 e. The molecule has 0 spiro atoms. The fraction of sp³-hybridized carbons (Fsp3) is 0.176. The van der Waals surface area contributed by atoms with Crippen LogP contribution in [-0.4, -0.2) is 15.3 Å². The number of aromatic nitrogens is 2. The second-order valence-electron chi connectivity index (χ2n) is 5.08. The third-order valence-electron chi connectivity index (χ3n) is 3.45. The second-order valence-corrected chi connectivity index (χ2v) is 6.44. The van der Waals surface area contributed by atoms with E-state index in [-0.39, 0.29) is 5.89 Å². The van der Waals surface area contributed by atoms with Crippen LogP contribution in [0.3, 0.4) is 0 Å². The Labute approximate surface area is 143 Å². The molecule has 3 rings (SSSR count). The molecule has 0 aliphatic rings. The number of rotatable bonds is 5. The molecule has 0 aliphatic heterocycles. The molecule has 6 heteroatoms. The van der Waals surface area contributed by atoms with E-state index in [4.69, 9.17) is 16.0 Å². The molecule has 0 aliphatic carbocycles. The molecule has 2 aromatic carbocycles. The van der Waals surface area contributed by atoms with E-state index in [9.17, 15) is 5.11 Å². The van der Waals surface area contributed by atoms with Crippen molar-refractivity contribution in [1.82, 2.24) is 10.2 Å². The number of nitrogens with zero attached hydrogens (tertiary/aromatic N) is 2. The Morgan fingerprint density at radius 1 is 1.13 bits per heavy atom. The van der Waals surface area contributed by atoms with Gasteiger partial charge in [-0.25, -0.2) is 0 Å². The second kappa shape index (κ2) is 7.17. The number of halogens is 1. The fourth-order valence-corrected chi connectivity index (χ4v) is 3.06. The molecular formula is C17H15ClN2O2S. The van der Waals surface area contributed by atoms with Gasteiger partial charge in [0.1, 0.15) is 0 Å². The predicted molar refractivity (Wildman–Crippen MR) is 90.6 cm³/mol. The van der Waals surface area contributed by atoms with Crippen LogP contribution in [0.25, 0.3) is 0 Å². The topological polar surface area (TPSA) is 59.2 Å². The van der Waals surface area contributed by atoms with E-state index in [1.54, 1.807) is 24.3 Å². The van der Waals surface area contributed by atoms with Gasteiger partial charge in [0.05, 0.1) is 0 Å². The third kappa shape index (κ3) is 3.93. The van der Waals surface area contributed by atoms with Crippen LogP contribution in [0.5, 0.6) is 0 Å². The van der Waals surface area contributed by atoms with E-state index in [1.807, 2.05) is 12.1 Å². The van der Waals surface area contributed by atoms with Crippen LogP contribution in [0, 0.1) is 6.92 Å². The van der Waals surface area contributed by atoms with Crippen molar-refractivity contribution in [1.29, 1.82) is 0 Å². The maximum atomic E-state index is 10.3. The van der Waals surface area contributed by atoms with Crippen LogP contribution in [0.1, 0.15) is 28.7 Å². The molecule has 0 radical (unpaired) electrons. The van der Waals surface area contributed by atoms with Gasteiger partial charge in [-0.15, -0.1) is 10.2 Å². The lowest BCUT2D eigenvalue weighted by molar-refractivity contribution is 0.176. The van der Waals surface area contributed by atoms with Gasteiger partial charge in [0.25, 0.3) is 5.22 Å². The summed E-state index contributed by atoms with van der Waals surface area (Å²) < 4.78 is 5.55. The number of aliphatic hydroxyl groups excluding tert-OH is 1. The van der Waals surface area contributed by atoms with Crippen molar-refractivity contribution in [2.45, 2.75) is 24.0 Å². The minimum Gasteiger partial charge on any atom is -0.413 e. The van der Waals surface area contributed by atoms with E-state index in [0.717, 1.165) is 5.75 Å². The summed E-state index contributed by atoms with van der Waals surface area (Å²) in [5, 5.41) is 19.2. The molecule has 0 saturated carbocycles. The first kappa shape index (κ1) is 16.1. The molecule has 4 nitrogen and oxygen atoms in total. The minimum atomic E-state index is -0.951. The van der Waals surface area contributed by atoms with Crippen molar-refractivity contribution < 1.29 is 9.52 Å². The SMILES string of the molecule is Cc1ccccc1CSc1nnc([C@H](O)c2ccc(Cl)cc2)o1. The summed E-state index contributed by atoms with van der Waals surface area (Å²) in [5.41, 5.74) is 3.10. The molecule has 0 amide bonds. The summed E-state index contributed by atoms with van der Waals surface area (Å²) in [7, 11) is 0. The van der Waals surface area contributed by atoms with E-state index in [2.05, 4.69) is 29.3 Å². The van der Waals surface area contributed by atoms with E-state index in [1.165, 1.54) is 22.9 Å². The lowest BCUT2D eigenvalue weighted by Crippen LogP contribution is -1.99. The van der Waals surface area contributed by atoms with Crippen LogP contribution in [0.2, 0.25) is 5.02 Å². The highest BCUT2D eigenvalue weighted by Gasteiger charge is 2.18. The fourth-order valence-electron chi connectivity index (χ4n) is 2.09. The van der Waals surface area contributed by atoms with Gasteiger partial charge >= 0.3 is 0 Å². The monoisotopic (exact) mass is 346 g/mol. The van der Waals surface area contributed by atoms with Crippen LogP contribution in [0.15, 0.2) is 58.2 Å². The lowest BCUT2D eigenvalue weighted by Gasteiger charge is -2.06. The quantitative estimate of drug-likeness (QED) is 0.693. The van der Waals surface area contributed by atoms with Gasteiger partial charge in [0, 0.05) is 10.8 Å². The molecule has 0 saturated heterocycles. The number of aliphatic hydroxyl groups is 1. The highest BCUT2D eigenvalue weighted by Crippen LogP contribution is 2.27. The van der Waals surface area contributed by atoms with E-state index >= 15 is 0 Å².